The van der Waals surface area contributed by atoms with Gasteiger partial charge in [0.1, 0.15) is 11.5 Å². The first kappa shape index (κ1) is 21.1. The van der Waals surface area contributed by atoms with Crippen LogP contribution in [0.15, 0.2) is 53.4 Å². The molecule has 3 N–H and O–H groups in total. The second-order valence-electron chi connectivity index (χ2n) is 6.66. The van der Waals surface area contributed by atoms with Crippen molar-refractivity contribution in [2.75, 3.05) is 0 Å². The molecule has 0 saturated carbocycles. The predicted molar refractivity (Wildman–Crippen MR) is 104 cm³/mol. The van der Waals surface area contributed by atoms with Gasteiger partial charge in [0, 0.05) is 24.0 Å². The molecule has 0 aliphatic heterocycles. The van der Waals surface area contributed by atoms with Crippen molar-refractivity contribution in [3.63, 3.8) is 0 Å². The summed E-state index contributed by atoms with van der Waals surface area (Å²) in [6.45, 7) is 3.00. The molecule has 0 bridgehead atoms. The second kappa shape index (κ2) is 9.25. The summed E-state index contributed by atoms with van der Waals surface area (Å²) >= 11 is 0. The molecule has 30 heavy (non-hydrogen) atoms. The number of amides is 2. The SMILES string of the molecule is Cc1cc(CNC(=O)C(C)(OCc2ccc(-c3cnccn3)cc2)C(=O)NO)no1. The maximum absolute atomic E-state index is 12.6. The van der Waals surface area contributed by atoms with Crippen molar-refractivity contribution in [1.29, 1.82) is 0 Å². The fourth-order valence-corrected chi connectivity index (χ4v) is 2.63. The van der Waals surface area contributed by atoms with E-state index in [-0.39, 0.29) is 13.2 Å². The summed E-state index contributed by atoms with van der Waals surface area (Å²) in [5.41, 5.74) is 2.32. The third-order valence-corrected chi connectivity index (χ3v) is 4.42. The Morgan fingerprint density at radius 2 is 1.97 bits per heavy atom. The van der Waals surface area contributed by atoms with Crippen LogP contribution in [-0.4, -0.2) is 37.7 Å². The normalized spacial score (nSPS) is 12.8. The summed E-state index contributed by atoms with van der Waals surface area (Å²) < 4.78 is 10.6. The minimum atomic E-state index is -1.96. The number of aromatic nitrogens is 3. The summed E-state index contributed by atoms with van der Waals surface area (Å²) in [5, 5.41) is 15.4. The van der Waals surface area contributed by atoms with Gasteiger partial charge in [-0.1, -0.05) is 29.4 Å². The molecule has 1 aromatic carbocycles. The van der Waals surface area contributed by atoms with Gasteiger partial charge in [0.15, 0.2) is 0 Å². The maximum atomic E-state index is 12.6. The Morgan fingerprint density at radius 1 is 1.20 bits per heavy atom. The number of carbonyl (C=O) groups is 2. The van der Waals surface area contributed by atoms with Gasteiger partial charge in [0.05, 0.1) is 25.0 Å². The van der Waals surface area contributed by atoms with Crippen LogP contribution < -0.4 is 10.8 Å². The summed E-state index contributed by atoms with van der Waals surface area (Å²) in [6, 6.07) is 8.90. The van der Waals surface area contributed by atoms with Crippen LogP contribution in [0.5, 0.6) is 0 Å². The van der Waals surface area contributed by atoms with Gasteiger partial charge < -0.3 is 14.6 Å². The lowest BCUT2D eigenvalue weighted by Crippen LogP contribution is -2.56. The average molecular weight is 411 g/mol. The van der Waals surface area contributed by atoms with Crippen molar-refractivity contribution in [2.24, 2.45) is 0 Å². The van der Waals surface area contributed by atoms with Crippen LogP contribution >= 0.6 is 0 Å². The van der Waals surface area contributed by atoms with E-state index in [0.717, 1.165) is 16.8 Å². The summed E-state index contributed by atoms with van der Waals surface area (Å²) in [6.07, 6.45) is 4.84. The first-order valence-electron chi connectivity index (χ1n) is 9.06. The third kappa shape index (κ3) is 4.85. The molecule has 1 unspecified atom stereocenters. The fourth-order valence-electron chi connectivity index (χ4n) is 2.63. The minimum Gasteiger partial charge on any atom is -0.361 e. The Labute approximate surface area is 172 Å². The number of rotatable bonds is 8. The highest BCUT2D eigenvalue weighted by Gasteiger charge is 2.42. The number of nitrogens with one attached hydrogen (secondary N) is 2. The Kier molecular flexibility index (Phi) is 6.50. The smallest absolute Gasteiger partial charge is 0.285 e. The predicted octanol–water partition coefficient (Wildman–Crippen LogP) is 1.54. The summed E-state index contributed by atoms with van der Waals surface area (Å²) in [7, 11) is 0. The van der Waals surface area contributed by atoms with Gasteiger partial charge in [-0.05, 0) is 19.4 Å². The van der Waals surface area contributed by atoms with Gasteiger partial charge in [-0.2, -0.15) is 0 Å². The molecule has 1 atom stereocenters. The van der Waals surface area contributed by atoms with Gasteiger partial charge in [-0.3, -0.25) is 24.8 Å². The number of ether oxygens (including phenoxy) is 1. The zero-order valence-electron chi connectivity index (χ0n) is 16.5. The molecule has 2 heterocycles. The second-order valence-corrected chi connectivity index (χ2v) is 6.66. The van der Waals surface area contributed by atoms with E-state index in [4.69, 9.17) is 14.5 Å². The molecule has 2 aromatic heterocycles. The highest BCUT2D eigenvalue weighted by Crippen LogP contribution is 2.19. The number of hydrogen-bond acceptors (Lipinski definition) is 8. The summed E-state index contributed by atoms with van der Waals surface area (Å²) in [4.78, 5) is 33.0. The van der Waals surface area contributed by atoms with E-state index < -0.39 is 17.4 Å². The van der Waals surface area contributed by atoms with Gasteiger partial charge in [0.2, 0.25) is 5.60 Å². The highest BCUT2D eigenvalue weighted by atomic mass is 16.5. The van der Waals surface area contributed by atoms with Gasteiger partial charge in [-0.15, -0.1) is 0 Å². The van der Waals surface area contributed by atoms with Crippen molar-refractivity contribution < 1.29 is 24.1 Å². The standard InChI is InChI=1S/C20H21N5O5/c1-13-9-16(25-30-13)10-23-18(26)20(2,19(27)24-28)29-12-14-3-5-15(6-4-14)17-11-21-7-8-22-17/h3-9,11,28H,10,12H2,1-2H3,(H,23,26)(H,24,27). The van der Waals surface area contributed by atoms with Gasteiger partial charge >= 0.3 is 0 Å². The molecule has 0 aliphatic rings. The monoisotopic (exact) mass is 411 g/mol. The molecule has 10 nitrogen and oxygen atoms in total. The largest absolute Gasteiger partial charge is 0.361 e. The maximum Gasteiger partial charge on any atom is 0.285 e. The Hall–Kier alpha value is -3.63. The van der Waals surface area contributed by atoms with Crippen molar-refractivity contribution in [3.05, 3.63) is 65.9 Å². The first-order chi connectivity index (χ1) is 14.4. The topological polar surface area (TPSA) is 139 Å². The first-order valence-corrected chi connectivity index (χ1v) is 9.06. The zero-order chi connectivity index (χ0) is 21.6. The van der Waals surface area contributed by atoms with Crippen LogP contribution in [0.25, 0.3) is 11.3 Å². The molecule has 0 saturated heterocycles. The lowest BCUT2D eigenvalue weighted by molar-refractivity contribution is -0.166. The number of carbonyl (C=O) groups excluding carboxylic acids is 2. The van der Waals surface area contributed by atoms with Gasteiger partial charge in [-0.25, -0.2) is 5.48 Å². The van der Waals surface area contributed by atoms with E-state index in [1.165, 1.54) is 12.4 Å². The Bertz CT molecular complexity index is 1010. The third-order valence-electron chi connectivity index (χ3n) is 4.42. The molecule has 0 aliphatic carbocycles. The average Bonchev–Trinajstić information content (AvgIpc) is 3.21. The number of benzene rings is 1. The number of hydroxylamine groups is 1. The summed E-state index contributed by atoms with van der Waals surface area (Å²) in [5.74, 6) is -1.13. The molecule has 156 valence electrons. The van der Waals surface area contributed by atoms with Crippen LogP contribution in [0, 0.1) is 6.92 Å². The minimum absolute atomic E-state index is 0.0405. The van der Waals surface area contributed by atoms with Crippen LogP contribution in [0.1, 0.15) is 23.9 Å². The van der Waals surface area contributed by atoms with E-state index in [1.54, 1.807) is 43.7 Å². The molecule has 0 radical (unpaired) electrons. The molecule has 0 fully saturated rings. The molecule has 10 heteroatoms. The number of hydrogen-bond donors (Lipinski definition) is 3. The molecule has 3 rings (SSSR count). The Morgan fingerprint density at radius 3 is 2.57 bits per heavy atom. The van der Waals surface area contributed by atoms with Crippen LogP contribution in [0.3, 0.4) is 0 Å². The van der Waals surface area contributed by atoms with E-state index in [9.17, 15) is 9.59 Å². The van der Waals surface area contributed by atoms with E-state index in [0.29, 0.717) is 11.5 Å². The highest BCUT2D eigenvalue weighted by molar-refractivity contribution is 6.07. The van der Waals surface area contributed by atoms with Crippen molar-refractivity contribution in [3.8, 4) is 11.3 Å². The van der Waals surface area contributed by atoms with E-state index >= 15 is 0 Å². The van der Waals surface area contributed by atoms with Crippen LogP contribution in [-0.2, 0) is 27.5 Å². The molecule has 0 spiro atoms. The Balaban J connectivity index is 1.66. The molecular formula is C20H21N5O5. The van der Waals surface area contributed by atoms with Crippen LogP contribution in [0.2, 0.25) is 0 Å². The van der Waals surface area contributed by atoms with Crippen molar-refractivity contribution >= 4 is 11.8 Å². The number of aryl methyl sites for hydroxylation is 1. The van der Waals surface area contributed by atoms with Gasteiger partial charge in [0.25, 0.3) is 11.8 Å². The lowest BCUT2D eigenvalue weighted by Gasteiger charge is -2.26. The quantitative estimate of drug-likeness (QED) is 0.288. The molecular weight excluding hydrogens is 390 g/mol. The number of nitrogens with zero attached hydrogens (tertiary/aromatic N) is 3. The lowest BCUT2D eigenvalue weighted by atomic mass is 10.0. The van der Waals surface area contributed by atoms with Crippen molar-refractivity contribution in [2.45, 2.75) is 32.6 Å². The van der Waals surface area contributed by atoms with E-state index in [1.807, 2.05) is 12.1 Å². The molecule has 3 aromatic rings. The zero-order valence-corrected chi connectivity index (χ0v) is 16.5. The van der Waals surface area contributed by atoms with E-state index in [2.05, 4.69) is 20.4 Å². The van der Waals surface area contributed by atoms with Crippen LogP contribution in [0.4, 0.5) is 0 Å². The van der Waals surface area contributed by atoms with Crippen molar-refractivity contribution in [1.82, 2.24) is 25.9 Å². The molecule has 2 amide bonds. The fraction of sp³-hybridized carbons (Fsp3) is 0.250.